The van der Waals surface area contributed by atoms with Crippen LogP contribution in [0.15, 0.2) is 47.6 Å². The Hall–Kier alpha value is -2.42. The van der Waals surface area contributed by atoms with E-state index in [1.165, 1.54) is 11.1 Å². The van der Waals surface area contributed by atoms with Gasteiger partial charge in [-0.2, -0.15) is 5.10 Å². The Morgan fingerprint density at radius 1 is 0.955 bits per heavy atom. The van der Waals surface area contributed by atoms with Crippen molar-refractivity contribution in [2.24, 2.45) is 5.10 Å². The summed E-state index contributed by atoms with van der Waals surface area (Å²) < 4.78 is 0. The number of rotatable bonds is 4. The molecule has 0 saturated heterocycles. The minimum atomic E-state index is -0.179. The van der Waals surface area contributed by atoms with Crippen molar-refractivity contribution in [3.8, 4) is 0 Å². The molecule has 0 bridgehead atoms. The first-order chi connectivity index (χ1) is 10.5. The average Bonchev–Trinajstić information content (AvgIpc) is 2.52. The zero-order chi connectivity index (χ0) is 16.1. The third kappa shape index (κ3) is 3.82. The van der Waals surface area contributed by atoms with E-state index >= 15 is 0 Å². The fourth-order valence-corrected chi connectivity index (χ4v) is 2.16. The Morgan fingerprint density at radius 3 is 2.18 bits per heavy atom. The molecule has 0 saturated carbocycles. The number of nitrogens with zero attached hydrogens (tertiary/aromatic N) is 1. The number of carbonyl (C=O) groups excluding carboxylic acids is 1. The van der Waals surface area contributed by atoms with Crippen LogP contribution in [0.2, 0.25) is 0 Å². The quantitative estimate of drug-likeness (QED) is 0.668. The van der Waals surface area contributed by atoms with Crippen LogP contribution in [0.25, 0.3) is 0 Å². The SMILES string of the molecule is CCC(=NNC(=O)c1ccc(C)c(C)c1)c1ccc(C)cc1. The molecule has 0 unspecified atom stereocenters. The second-order valence-electron chi connectivity index (χ2n) is 5.52. The van der Waals surface area contributed by atoms with Gasteiger partial charge in [0.25, 0.3) is 5.91 Å². The van der Waals surface area contributed by atoms with E-state index in [9.17, 15) is 4.79 Å². The van der Waals surface area contributed by atoms with Gasteiger partial charge in [0.05, 0.1) is 5.71 Å². The first-order valence-corrected chi connectivity index (χ1v) is 7.52. The molecule has 22 heavy (non-hydrogen) atoms. The van der Waals surface area contributed by atoms with Crippen LogP contribution in [-0.2, 0) is 0 Å². The number of aryl methyl sites for hydroxylation is 3. The number of hydrogen-bond donors (Lipinski definition) is 1. The number of nitrogens with one attached hydrogen (secondary N) is 1. The summed E-state index contributed by atoms with van der Waals surface area (Å²) in [5.41, 5.74) is 8.68. The molecular weight excluding hydrogens is 272 g/mol. The highest BCUT2D eigenvalue weighted by Crippen LogP contribution is 2.10. The maximum Gasteiger partial charge on any atom is 0.271 e. The molecule has 0 aromatic heterocycles. The Bertz CT molecular complexity index is 700. The lowest BCUT2D eigenvalue weighted by Crippen LogP contribution is -2.20. The van der Waals surface area contributed by atoms with Crippen molar-refractivity contribution in [1.82, 2.24) is 5.43 Å². The number of hydrazone groups is 1. The first-order valence-electron chi connectivity index (χ1n) is 7.52. The predicted molar refractivity (Wildman–Crippen MR) is 91.4 cm³/mol. The zero-order valence-electron chi connectivity index (χ0n) is 13.6. The first kappa shape index (κ1) is 16.0. The van der Waals surface area contributed by atoms with Gasteiger partial charge in [0.15, 0.2) is 0 Å². The summed E-state index contributed by atoms with van der Waals surface area (Å²) in [7, 11) is 0. The molecule has 3 heteroatoms. The number of hydrogen-bond acceptors (Lipinski definition) is 2. The highest BCUT2D eigenvalue weighted by molar-refractivity contribution is 6.02. The summed E-state index contributed by atoms with van der Waals surface area (Å²) in [6.45, 7) is 8.11. The van der Waals surface area contributed by atoms with Gasteiger partial charge in [-0.25, -0.2) is 5.43 Å². The Morgan fingerprint density at radius 2 is 1.59 bits per heavy atom. The summed E-state index contributed by atoms with van der Waals surface area (Å²) in [6.07, 6.45) is 0.760. The van der Waals surface area contributed by atoms with Gasteiger partial charge in [0.1, 0.15) is 0 Å². The molecule has 1 amide bonds. The van der Waals surface area contributed by atoms with E-state index < -0.39 is 0 Å². The van der Waals surface area contributed by atoms with E-state index in [-0.39, 0.29) is 5.91 Å². The highest BCUT2D eigenvalue weighted by atomic mass is 16.2. The van der Waals surface area contributed by atoms with Gasteiger partial charge in [-0.15, -0.1) is 0 Å². The van der Waals surface area contributed by atoms with Crippen LogP contribution in [-0.4, -0.2) is 11.6 Å². The van der Waals surface area contributed by atoms with Gasteiger partial charge >= 0.3 is 0 Å². The molecule has 2 aromatic rings. The van der Waals surface area contributed by atoms with Crippen LogP contribution in [0.3, 0.4) is 0 Å². The molecule has 0 atom stereocenters. The standard InChI is InChI=1S/C19H22N2O/c1-5-18(16-9-6-13(2)7-10-16)20-21-19(22)17-11-8-14(3)15(4)12-17/h6-12H,5H2,1-4H3,(H,21,22). The van der Waals surface area contributed by atoms with Crippen LogP contribution in [0.1, 0.15) is 46.0 Å². The monoisotopic (exact) mass is 294 g/mol. The summed E-state index contributed by atoms with van der Waals surface area (Å²) in [5.74, 6) is -0.179. The molecule has 0 aliphatic heterocycles. The van der Waals surface area contributed by atoms with Crippen molar-refractivity contribution in [3.63, 3.8) is 0 Å². The molecule has 0 heterocycles. The molecule has 1 N–H and O–H groups in total. The molecule has 2 aromatic carbocycles. The maximum atomic E-state index is 12.2. The van der Waals surface area contributed by atoms with Crippen molar-refractivity contribution in [2.45, 2.75) is 34.1 Å². The van der Waals surface area contributed by atoms with Gasteiger partial charge in [0.2, 0.25) is 0 Å². The van der Waals surface area contributed by atoms with Gasteiger partial charge in [-0.3, -0.25) is 4.79 Å². The van der Waals surface area contributed by atoms with Crippen molar-refractivity contribution in [1.29, 1.82) is 0 Å². The van der Waals surface area contributed by atoms with Crippen LogP contribution >= 0.6 is 0 Å². The van der Waals surface area contributed by atoms with Crippen LogP contribution in [0, 0.1) is 20.8 Å². The Kier molecular flexibility index (Phi) is 5.10. The van der Waals surface area contributed by atoms with Gasteiger partial charge < -0.3 is 0 Å². The van der Waals surface area contributed by atoms with E-state index in [1.807, 2.05) is 70.2 Å². The largest absolute Gasteiger partial charge is 0.271 e. The van der Waals surface area contributed by atoms with E-state index in [2.05, 4.69) is 10.5 Å². The molecule has 0 aliphatic carbocycles. The third-order valence-electron chi connectivity index (χ3n) is 3.78. The summed E-state index contributed by atoms with van der Waals surface area (Å²) >= 11 is 0. The molecule has 0 spiro atoms. The van der Waals surface area contributed by atoms with Crippen LogP contribution in [0.5, 0.6) is 0 Å². The van der Waals surface area contributed by atoms with E-state index in [4.69, 9.17) is 0 Å². The lowest BCUT2D eigenvalue weighted by Gasteiger charge is -2.07. The summed E-state index contributed by atoms with van der Waals surface area (Å²) in [6, 6.07) is 13.8. The Balaban J connectivity index is 2.15. The average molecular weight is 294 g/mol. The third-order valence-corrected chi connectivity index (χ3v) is 3.78. The van der Waals surface area contributed by atoms with E-state index in [0.29, 0.717) is 5.56 Å². The van der Waals surface area contributed by atoms with E-state index in [1.54, 1.807) is 0 Å². The summed E-state index contributed by atoms with van der Waals surface area (Å²) in [4.78, 5) is 12.2. The molecule has 0 aliphatic rings. The molecule has 114 valence electrons. The highest BCUT2D eigenvalue weighted by Gasteiger charge is 2.07. The molecular formula is C19H22N2O. The Labute approximate surface area is 132 Å². The second-order valence-corrected chi connectivity index (χ2v) is 5.52. The number of carbonyl (C=O) groups is 1. The fraction of sp³-hybridized carbons (Fsp3) is 0.263. The van der Waals surface area contributed by atoms with Crippen molar-refractivity contribution >= 4 is 11.6 Å². The van der Waals surface area contributed by atoms with Gasteiger partial charge in [-0.1, -0.05) is 42.8 Å². The van der Waals surface area contributed by atoms with Crippen LogP contribution < -0.4 is 5.43 Å². The van der Waals surface area contributed by atoms with Crippen molar-refractivity contribution < 1.29 is 4.79 Å². The predicted octanol–water partition coefficient (Wildman–Crippen LogP) is 4.16. The minimum Gasteiger partial charge on any atom is -0.267 e. The fourth-order valence-electron chi connectivity index (χ4n) is 2.16. The molecule has 3 nitrogen and oxygen atoms in total. The maximum absolute atomic E-state index is 12.2. The lowest BCUT2D eigenvalue weighted by molar-refractivity contribution is 0.0954. The van der Waals surface area contributed by atoms with Gasteiger partial charge in [0, 0.05) is 5.56 Å². The second kappa shape index (κ2) is 7.03. The lowest BCUT2D eigenvalue weighted by atomic mass is 10.1. The molecule has 0 radical (unpaired) electrons. The van der Waals surface area contributed by atoms with E-state index in [0.717, 1.165) is 23.3 Å². The molecule has 0 fully saturated rings. The summed E-state index contributed by atoms with van der Waals surface area (Å²) in [5, 5.41) is 4.29. The van der Waals surface area contributed by atoms with Gasteiger partial charge in [-0.05, 0) is 56.0 Å². The van der Waals surface area contributed by atoms with Crippen molar-refractivity contribution in [2.75, 3.05) is 0 Å². The number of benzene rings is 2. The molecule has 2 rings (SSSR count). The smallest absolute Gasteiger partial charge is 0.267 e. The minimum absolute atomic E-state index is 0.179. The van der Waals surface area contributed by atoms with Crippen LogP contribution in [0.4, 0.5) is 0 Å². The number of amides is 1. The normalized spacial score (nSPS) is 11.4. The zero-order valence-corrected chi connectivity index (χ0v) is 13.6. The topological polar surface area (TPSA) is 41.5 Å². The van der Waals surface area contributed by atoms with Crippen molar-refractivity contribution in [3.05, 3.63) is 70.3 Å².